The maximum absolute atomic E-state index is 12.7. The molecular formula is C77H78Br3F3N26O20. The highest BCUT2D eigenvalue weighted by molar-refractivity contribution is 9.11. The van der Waals surface area contributed by atoms with Crippen molar-refractivity contribution >= 4 is 150 Å². The number of anilines is 5. The molecule has 16 N–H and O–H groups in total. The minimum absolute atomic E-state index is 0.00318. The van der Waals surface area contributed by atoms with Crippen molar-refractivity contribution in [3.63, 3.8) is 0 Å². The first kappa shape index (κ1) is 88.7. The molecule has 0 radical (unpaired) electrons. The lowest BCUT2D eigenvalue weighted by Crippen LogP contribution is -2.44. The van der Waals surface area contributed by atoms with E-state index in [1.165, 1.54) is 42.5 Å². The van der Waals surface area contributed by atoms with Gasteiger partial charge in [-0.2, -0.15) is 13.2 Å². The fourth-order valence-electron chi connectivity index (χ4n) is 17.1. The quantitative estimate of drug-likeness (QED) is 0.0516. The van der Waals surface area contributed by atoms with Crippen molar-refractivity contribution in [3.05, 3.63) is 130 Å². The first-order valence-corrected chi connectivity index (χ1v) is 42.3. The number of aliphatic hydroxyl groups is 7. The highest BCUT2D eigenvalue weighted by Crippen LogP contribution is 2.53. The van der Waals surface area contributed by atoms with E-state index in [0.717, 1.165) is 0 Å². The molecule has 10 fully saturated rings. The average Bonchev–Trinajstić information content (AvgIpc) is 1.71. The number of halogens is 6. The Hall–Kier alpha value is -10.9. The number of benzene rings is 2. The predicted octanol–water partition coefficient (Wildman–Crippen LogP) is 2.05. The van der Waals surface area contributed by atoms with Gasteiger partial charge in [0.1, 0.15) is 126 Å². The Kier molecular flexibility index (Phi) is 23.7. The Morgan fingerprint density at radius 3 is 1.18 bits per heavy atom. The van der Waals surface area contributed by atoms with E-state index in [0.29, 0.717) is 108 Å². The summed E-state index contributed by atoms with van der Waals surface area (Å²) in [6.45, 7) is 5.74. The zero-order chi connectivity index (χ0) is 90.7. The molecular weight excluding hydrogens is 1910 g/mol. The molecule has 22 rings (SSSR count). The number of carbonyl (C=O) groups excluding carboxylic acids is 3. The number of nitrogens with zero attached hydrogens (tertiary/aromatic N) is 20. The van der Waals surface area contributed by atoms with E-state index in [1.54, 1.807) is 78.2 Å². The molecule has 20 atom stereocenters. The molecule has 10 aromatic heterocycles. The number of imidazole rings is 5. The second kappa shape index (κ2) is 34.4. The summed E-state index contributed by atoms with van der Waals surface area (Å²) in [6.07, 6.45) is -5.61. The predicted molar refractivity (Wildman–Crippen MR) is 446 cm³/mol. The lowest BCUT2D eigenvalue weighted by molar-refractivity contribution is -0.186. The van der Waals surface area contributed by atoms with E-state index < -0.39 is 145 Å². The smallest absolute Gasteiger partial charge is 0.393 e. The molecule has 20 heterocycles. The number of carbonyl (C=O) groups is 3. The van der Waals surface area contributed by atoms with E-state index in [9.17, 15) is 63.3 Å². The second-order valence-corrected chi connectivity index (χ2v) is 33.4. The van der Waals surface area contributed by atoms with Crippen LogP contribution in [-0.2, 0) is 52.2 Å². The topological polar surface area (TPSA) is 617 Å². The molecule has 0 aliphatic carbocycles. The van der Waals surface area contributed by atoms with Crippen LogP contribution in [0.15, 0.2) is 113 Å². The van der Waals surface area contributed by atoms with E-state index in [1.807, 2.05) is 26.8 Å². The summed E-state index contributed by atoms with van der Waals surface area (Å²) >= 11 is 10.2. The third-order valence-electron chi connectivity index (χ3n) is 24.2. The van der Waals surface area contributed by atoms with Gasteiger partial charge in [-0.1, -0.05) is 63.1 Å². The summed E-state index contributed by atoms with van der Waals surface area (Å²) in [6, 6.07) is 17.2. The molecule has 10 saturated heterocycles. The van der Waals surface area contributed by atoms with Crippen LogP contribution >= 0.6 is 47.8 Å². The number of nitrogens with two attached hydrogens (primary N) is 3. The summed E-state index contributed by atoms with van der Waals surface area (Å²) in [7, 11) is 0. The number of ether oxygens (including phenoxy) is 10. The number of aromatic nitrogens is 20. The van der Waals surface area contributed by atoms with Crippen LogP contribution in [-0.4, -0.2) is 299 Å². The van der Waals surface area contributed by atoms with Crippen LogP contribution in [0.2, 0.25) is 0 Å². The summed E-state index contributed by atoms with van der Waals surface area (Å²) in [5, 5.41) is 78.3. The standard InChI is InChI=1S/C24H21F3N6O5.C19H18BrN5O4.C12H14BrN5O3.C11H12BrN5O4.C11H13N5O4/c1-2-23-11-37-16(17(23)34)21(38-23)33-14(9-6-10-28-22(36)24(25,26)27)31-15-18(29-12-30-19(15)33)32-20(35)13-7-4-3-5-8-13;1-2-19-8-28-12(13(19)26)17(29-19)25-15-11(23-18(25)20)14(21-9-22-15)24-16(27)10-6-4-3-5-7-10;1-2-12-3-20-6(7(12)19)10(21-12)18-9-5(17-11(18)13)8(14)15-4-16-9;12-10-16-4-7(13)14-3-15-8(4)17(10)9-5-6(19)11(1-18,21-9)2-20-5;12-8-5-9(14-3-13-8)16(4-15-5)10-6-7(18)11(1-17,20-10)2-19-6/h3-5,7-8,12,16-17,21,34H,2,10-11H2,1H3,(H,28,36)(H,29,30,32,35);3-7,9,12-13,17,26H,2,8H2,1H3,(H,21,22,24,27);4,6-7,10,19H,2-3H2,1H3,(H2,14,15,16);3,5-6,9,18-19H,1-2H2,(H2,13,14,15);3-4,6-7,10,17-18H,1-2H2,(H2,12,13,14)/t16?,17-,21-,23+;12?,13-,17-,19+;6?,7-,10-,12+;5?,6-,9-,11+;6?,7-,10-,11+/m11111/s1. The van der Waals surface area contributed by atoms with Gasteiger partial charge in [-0.3, -0.25) is 37.2 Å². The minimum atomic E-state index is -5.05. The molecule has 52 heteroatoms. The number of nitrogen functional groups attached to an aromatic ring is 3. The third-order valence-corrected chi connectivity index (χ3v) is 25.9. The van der Waals surface area contributed by atoms with Crippen LogP contribution in [0.1, 0.15) is 97.7 Å². The lowest BCUT2D eigenvalue weighted by atomic mass is 9.96. The van der Waals surface area contributed by atoms with Crippen LogP contribution in [0, 0.1) is 11.8 Å². The van der Waals surface area contributed by atoms with Gasteiger partial charge in [0.15, 0.2) is 131 Å². The van der Waals surface area contributed by atoms with Crippen LogP contribution in [0.25, 0.3) is 55.8 Å². The first-order chi connectivity index (χ1) is 62.0. The summed E-state index contributed by atoms with van der Waals surface area (Å²) in [4.78, 5) is 99.2. The van der Waals surface area contributed by atoms with Crippen molar-refractivity contribution in [2.45, 2.75) is 166 Å². The average molecular weight is 1980 g/mol. The summed E-state index contributed by atoms with van der Waals surface area (Å²) in [5.74, 6) is 3.35. The van der Waals surface area contributed by atoms with Gasteiger partial charge < -0.3 is 116 Å². The van der Waals surface area contributed by atoms with Gasteiger partial charge in [0, 0.05) is 11.1 Å². The van der Waals surface area contributed by atoms with E-state index in [2.05, 4.69) is 145 Å². The number of amides is 3. The number of hydrogen-bond donors (Lipinski definition) is 13. The normalized spacial score (nSPS) is 30.4. The van der Waals surface area contributed by atoms with Crippen LogP contribution < -0.4 is 33.2 Å². The van der Waals surface area contributed by atoms with Crippen molar-refractivity contribution in [1.29, 1.82) is 0 Å². The van der Waals surface area contributed by atoms with Crippen molar-refractivity contribution in [1.82, 2.24) is 103 Å². The monoisotopic (exact) mass is 1980 g/mol. The van der Waals surface area contributed by atoms with Crippen molar-refractivity contribution in [3.8, 4) is 11.8 Å². The fraction of sp³-hybridized carbons (Fsp3) is 0.455. The summed E-state index contributed by atoms with van der Waals surface area (Å²) < 4.78 is 106. The number of nitrogens with one attached hydrogen (secondary N) is 3. The number of alkyl halides is 3. The van der Waals surface area contributed by atoms with Crippen molar-refractivity contribution in [2.75, 3.05) is 80.6 Å². The molecule has 0 saturated carbocycles. The number of hydrogen-bond acceptors (Lipinski definition) is 38. The lowest BCUT2D eigenvalue weighted by Gasteiger charge is -2.30. The van der Waals surface area contributed by atoms with Crippen molar-refractivity contribution in [2.24, 2.45) is 0 Å². The maximum Gasteiger partial charge on any atom is 0.471 e. The van der Waals surface area contributed by atoms with Gasteiger partial charge >= 0.3 is 12.1 Å². The molecule has 0 spiro atoms. The van der Waals surface area contributed by atoms with Gasteiger partial charge in [-0.05, 0) is 97.2 Å². The SMILES string of the molecule is CC[C@@]12COC([C@H](n3c(Br)nc4c(N)ncnc43)O1)[C@H]2O.CC[C@@]12COC([C@H](n3c(Br)nc4c(NC(=O)c5ccccc5)ncnc43)O1)[C@H]2O.CC[C@@]12COC([C@H](n3c(C#CCNC(=O)C(F)(F)F)nc4c(NC(=O)c5ccccc5)ncnc43)O1)[C@H]2O.Nc1ncnc2c1nc(Br)n2[C@@H]1O[C@@]2(CO)COC1[C@H]2O.Nc1ncnc2c1ncn2[C@@H]1O[C@@]2(CO)COC1[C@H]2O. The van der Waals surface area contributed by atoms with Crippen LogP contribution in [0.5, 0.6) is 0 Å². The molecule has 678 valence electrons. The minimum Gasteiger partial charge on any atom is -0.393 e. The Bertz CT molecular complexity index is 6260. The number of rotatable bonds is 15. The third kappa shape index (κ3) is 15.0. The van der Waals surface area contributed by atoms with Crippen LogP contribution in [0.3, 0.4) is 0 Å². The molecule has 2 aromatic carbocycles. The molecule has 5 unspecified atom stereocenters. The van der Waals surface area contributed by atoms with Gasteiger partial charge in [-0.25, -0.2) is 74.8 Å². The molecule has 10 aliphatic rings. The number of aliphatic hydroxyl groups excluding tert-OH is 7. The molecule has 10 aliphatic heterocycles. The Labute approximate surface area is 748 Å². The number of fused-ring (bicyclic) bond motifs is 15. The largest absolute Gasteiger partial charge is 0.471 e. The van der Waals surface area contributed by atoms with Gasteiger partial charge in [0.05, 0.1) is 59.1 Å². The Balaban J connectivity index is 0.000000111. The van der Waals surface area contributed by atoms with E-state index in [-0.39, 0.29) is 79.2 Å². The summed E-state index contributed by atoms with van der Waals surface area (Å²) in [5.41, 5.74) is 17.8. The molecule has 10 bridgehead atoms. The van der Waals surface area contributed by atoms with Crippen LogP contribution in [0.4, 0.5) is 42.3 Å². The molecule has 129 heavy (non-hydrogen) atoms. The van der Waals surface area contributed by atoms with Gasteiger partial charge in [-0.15, -0.1) is 0 Å². The maximum atomic E-state index is 12.7. The van der Waals surface area contributed by atoms with Gasteiger partial charge in [0.25, 0.3) is 11.8 Å². The highest BCUT2D eigenvalue weighted by Gasteiger charge is 2.66. The Morgan fingerprint density at radius 2 is 0.783 bits per heavy atom. The molecule has 3 amide bonds. The van der Waals surface area contributed by atoms with E-state index in [4.69, 9.17) is 64.6 Å². The fourth-order valence-corrected chi connectivity index (χ4v) is 18.7. The second-order valence-electron chi connectivity index (χ2n) is 31.3. The zero-order valence-electron chi connectivity index (χ0n) is 67.6. The Morgan fingerprint density at radius 1 is 0.450 bits per heavy atom. The van der Waals surface area contributed by atoms with Gasteiger partial charge in [0.2, 0.25) is 0 Å². The van der Waals surface area contributed by atoms with E-state index >= 15 is 0 Å². The first-order valence-electron chi connectivity index (χ1n) is 40.0. The highest BCUT2D eigenvalue weighted by atomic mass is 79.9. The van der Waals surface area contributed by atoms with Crippen molar-refractivity contribution < 1.29 is 111 Å². The zero-order valence-corrected chi connectivity index (χ0v) is 72.3. The molecule has 12 aromatic rings. The molecule has 46 nitrogen and oxygen atoms in total.